The van der Waals surface area contributed by atoms with Crippen LogP contribution in [0.4, 0.5) is 5.69 Å². The van der Waals surface area contributed by atoms with Crippen LogP contribution in [0.3, 0.4) is 0 Å². The Hall–Kier alpha value is -3.58. The van der Waals surface area contributed by atoms with E-state index >= 15 is 0 Å². The lowest BCUT2D eigenvalue weighted by Gasteiger charge is -2.18. The number of aryl methyl sites for hydroxylation is 2. The highest BCUT2D eigenvalue weighted by Gasteiger charge is 2.12. The van der Waals surface area contributed by atoms with Crippen molar-refractivity contribution in [1.29, 1.82) is 0 Å². The van der Waals surface area contributed by atoms with Gasteiger partial charge in [-0.25, -0.2) is 0 Å². The summed E-state index contributed by atoms with van der Waals surface area (Å²) in [6.07, 6.45) is 2.11. The third kappa shape index (κ3) is 5.31. The van der Waals surface area contributed by atoms with Crippen molar-refractivity contribution in [2.45, 2.75) is 40.8 Å². The Bertz CT molecular complexity index is 1250. The maximum atomic E-state index is 12.9. The zero-order chi connectivity index (χ0) is 24.1. The van der Waals surface area contributed by atoms with Gasteiger partial charge in [0.05, 0.1) is 11.3 Å². The molecule has 178 valence electrons. The van der Waals surface area contributed by atoms with Crippen molar-refractivity contribution in [3.8, 4) is 5.75 Å². The fourth-order valence-corrected chi connectivity index (χ4v) is 4.06. The largest absolute Gasteiger partial charge is 0.489 e. The second-order valence-electron chi connectivity index (χ2n) is 8.38. The van der Waals surface area contributed by atoms with Gasteiger partial charge >= 0.3 is 0 Å². The van der Waals surface area contributed by atoms with E-state index in [0.29, 0.717) is 17.9 Å². The van der Waals surface area contributed by atoms with Gasteiger partial charge in [0.15, 0.2) is 0 Å². The molecule has 4 aromatic rings. The number of aromatic nitrogens is 2. The number of benzene rings is 2. The van der Waals surface area contributed by atoms with Gasteiger partial charge in [0.25, 0.3) is 5.91 Å². The van der Waals surface area contributed by atoms with E-state index in [9.17, 15) is 4.79 Å². The summed E-state index contributed by atoms with van der Waals surface area (Å²) < 4.78 is 13.3. The Morgan fingerprint density at radius 1 is 1.12 bits per heavy atom. The topological polar surface area (TPSA) is 72.5 Å². The standard InChI is InChI=1S/C27H32N4O3/c1-5-30(6-2)14-15-31-13-12-21-16-23(10-11-26(21)31)28-27(32)22-8-7-9-24(17-22)33-18-25-19(3)29-34-20(25)4/h7-13,16-17H,5-6,14-15,18H2,1-4H3,(H,28,32). The molecule has 0 unspecified atom stereocenters. The van der Waals surface area contributed by atoms with Gasteiger partial charge in [-0.2, -0.15) is 0 Å². The van der Waals surface area contributed by atoms with Crippen molar-refractivity contribution < 1.29 is 14.1 Å². The fourth-order valence-electron chi connectivity index (χ4n) is 4.06. The van der Waals surface area contributed by atoms with Crippen LogP contribution in [0.1, 0.15) is 41.2 Å². The Balaban J connectivity index is 1.41. The van der Waals surface area contributed by atoms with E-state index in [4.69, 9.17) is 9.26 Å². The van der Waals surface area contributed by atoms with E-state index < -0.39 is 0 Å². The van der Waals surface area contributed by atoms with Crippen molar-refractivity contribution in [3.05, 3.63) is 77.3 Å². The van der Waals surface area contributed by atoms with Crippen LogP contribution in [0.5, 0.6) is 5.75 Å². The van der Waals surface area contributed by atoms with Crippen LogP contribution in [0.2, 0.25) is 0 Å². The number of ether oxygens (including phenoxy) is 1. The van der Waals surface area contributed by atoms with Crippen molar-refractivity contribution in [2.24, 2.45) is 0 Å². The summed E-state index contributed by atoms with van der Waals surface area (Å²) in [6.45, 7) is 12.5. The minimum absolute atomic E-state index is 0.178. The number of carbonyl (C=O) groups is 1. The molecular weight excluding hydrogens is 428 g/mol. The van der Waals surface area contributed by atoms with Gasteiger partial charge < -0.3 is 24.0 Å². The first kappa shape index (κ1) is 23.6. The molecule has 0 atom stereocenters. The van der Waals surface area contributed by atoms with E-state index in [1.807, 2.05) is 38.1 Å². The van der Waals surface area contributed by atoms with Crippen molar-refractivity contribution in [2.75, 3.05) is 25.0 Å². The van der Waals surface area contributed by atoms with Crippen molar-refractivity contribution in [1.82, 2.24) is 14.6 Å². The maximum Gasteiger partial charge on any atom is 0.255 e. The molecule has 1 amide bonds. The first-order chi connectivity index (χ1) is 16.5. The summed E-state index contributed by atoms with van der Waals surface area (Å²) in [5.41, 5.74) is 4.20. The summed E-state index contributed by atoms with van der Waals surface area (Å²) in [7, 11) is 0. The monoisotopic (exact) mass is 460 g/mol. The number of hydrogen-bond donors (Lipinski definition) is 1. The minimum Gasteiger partial charge on any atom is -0.489 e. The number of fused-ring (bicyclic) bond motifs is 1. The van der Waals surface area contributed by atoms with Gasteiger partial charge in [-0.05, 0) is 69.4 Å². The molecule has 4 rings (SSSR count). The minimum atomic E-state index is -0.178. The Morgan fingerprint density at radius 2 is 1.94 bits per heavy atom. The maximum absolute atomic E-state index is 12.9. The molecule has 1 N–H and O–H groups in total. The number of anilines is 1. The third-order valence-corrected chi connectivity index (χ3v) is 6.24. The van der Waals surface area contributed by atoms with Crippen LogP contribution in [0.15, 0.2) is 59.3 Å². The van der Waals surface area contributed by atoms with Crippen LogP contribution in [-0.2, 0) is 13.2 Å². The summed E-state index contributed by atoms with van der Waals surface area (Å²) in [4.78, 5) is 15.3. The van der Waals surface area contributed by atoms with Gasteiger partial charge in [0, 0.05) is 41.4 Å². The molecule has 0 bridgehead atoms. The zero-order valence-electron chi connectivity index (χ0n) is 20.3. The number of nitrogens with one attached hydrogen (secondary N) is 1. The van der Waals surface area contributed by atoms with Gasteiger partial charge in [-0.1, -0.05) is 25.1 Å². The molecule has 7 heteroatoms. The molecule has 0 aliphatic heterocycles. The van der Waals surface area contributed by atoms with Crippen LogP contribution >= 0.6 is 0 Å². The second-order valence-corrected chi connectivity index (χ2v) is 8.38. The highest BCUT2D eigenvalue weighted by molar-refractivity contribution is 6.05. The summed E-state index contributed by atoms with van der Waals surface area (Å²) in [5.74, 6) is 1.18. The predicted octanol–water partition coefficient (Wildman–Crippen LogP) is 5.42. The third-order valence-electron chi connectivity index (χ3n) is 6.24. The first-order valence-electron chi connectivity index (χ1n) is 11.8. The molecule has 7 nitrogen and oxygen atoms in total. The Kier molecular flexibility index (Phi) is 7.33. The Morgan fingerprint density at radius 3 is 2.68 bits per heavy atom. The summed E-state index contributed by atoms with van der Waals surface area (Å²) >= 11 is 0. The number of amides is 1. The lowest BCUT2D eigenvalue weighted by Crippen LogP contribution is -2.26. The molecule has 0 fully saturated rings. The van der Waals surface area contributed by atoms with E-state index in [2.05, 4.69) is 52.1 Å². The molecule has 2 aromatic carbocycles. The highest BCUT2D eigenvalue weighted by atomic mass is 16.5. The normalized spacial score (nSPS) is 11.3. The van der Waals surface area contributed by atoms with Gasteiger partial charge in [0.1, 0.15) is 18.1 Å². The molecule has 0 saturated carbocycles. The van der Waals surface area contributed by atoms with Crippen LogP contribution < -0.4 is 10.1 Å². The van der Waals surface area contributed by atoms with Gasteiger partial charge in [-0.15, -0.1) is 0 Å². The fraction of sp³-hybridized carbons (Fsp3) is 0.333. The molecule has 34 heavy (non-hydrogen) atoms. The number of rotatable bonds is 10. The lowest BCUT2D eigenvalue weighted by molar-refractivity contribution is 0.102. The molecule has 0 aliphatic carbocycles. The highest BCUT2D eigenvalue weighted by Crippen LogP contribution is 2.23. The van der Waals surface area contributed by atoms with Crippen LogP contribution in [0, 0.1) is 13.8 Å². The van der Waals surface area contributed by atoms with Crippen molar-refractivity contribution >= 4 is 22.5 Å². The van der Waals surface area contributed by atoms with E-state index in [1.54, 1.807) is 12.1 Å². The first-order valence-corrected chi connectivity index (χ1v) is 11.8. The van der Waals surface area contributed by atoms with Gasteiger partial charge in [0.2, 0.25) is 0 Å². The lowest BCUT2D eigenvalue weighted by atomic mass is 10.1. The summed E-state index contributed by atoms with van der Waals surface area (Å²) in [5, 5.41) is 8.06. The average Bonchev–Trinajstić information content (AvgIpc) is 3.40. The number of nitrogens with zero attached hydrogens (tertiary/aromatic N) is 3. The molecule has 2 aromatic heterocycles. The zero-order valence-corrected chi connectivity index (χ0v) is 20.3. The van der Waals surface area contributed by atoms with Gasteiger partial charge in [-0.3, -0.25) is 4.79 Å². The van der Waals surface area contributed by atoms with Crippen LogP contribution in [-0.4, -0.2) is 40.2 Å². The molecule has 0 saturated heterocycles. The Labute approximate surface area is 200 Å². The molecule has 2 heterocycles. The molecule has 0 radical (unpaired) electrons. The smallest absolute Gasteiger partial charge is 0.255 e. The SMILES string of the molecule is CCN(CC)CCn1ccc2cc(NC(=O)c3cccc(OCc4c(C)noc4C)c3)ccc21. The van der Waals surface area contributed by atoms with E-state index in [0.717, 1.165) is 54.3 Å². The van der Waals surface area contributed by atoms with E-state index in [1.165, 1.54) is 5.52 Å². The molecular formula is C27H32N4O3. The number of likely N-dealkylation sites (N-methyl/N-ethyl adjacent to an activating group) is 1. The molecule has 0 spiro atoms. The number of carbonyl (C=O) groups excluding carboxylic acids is 1. The van der Waals surface area contributed by atoms with Crippen LogP contribution in [0.25, 0.3) is 10.9 Å². The number of hydrogen-bond acceptors (Lipinski definition) is 5. The summed E-state index contributed by atoms with van der Waals surface area (Å²) in [6, 6.07) is 15.3. The predicted molar refractivity (Wildman–Crippen MR) is 134 cm³/mol. The molecule has 0 aliphatic rings. The van der Waals surface area contributed by atoms with E-state index in [-0.39, 0.29) is 5.91 Å². The second kappa shape index (κ2) is 10.6. The quantitative estimate of drug-likeness (QED) is 0.342. The average molecular weight is 461 g/mol. The van der Waals surface area contributed by atoms with Crippen molar-refractivity contribution in [3.63, 3.8) is 0 Å².